The Morgan fingerprint density at radius 3 is 2.00 bits per heavy atom. The molecule has 0 rings (SSSR count). The highest BCUT2D eigenvalue weighted by atomic mass is 14.8. The van der Waals surface area contributed by atoms with Crippen LogP contribution in [0.2, 0.25) is 0 Å². The summed E-state index contributed by atoms with van der Waals surface area (Å²) in [6, 6.07) is 0.507. The first-order chi connectivity index (χ1) is 4.16. The van der Waals surface area contributed by atoms with Crippen LogP contribution in [0.5, 0.6) is 0 Å². The van der Waals surface area contributed by atoms with Gasteiger partial charge in [-0.05, 0) is 19.9 Å². The molecule has 0 fully saturated rings. The van der Waals surface area contributed by atoms with Crippen molar-refractivity contribution in [3.8, 4) is 0 Å². The van der Waals surface area contributed by atoms with Crippen LogP contribution >= 0.6 is 0 Å². The summed E-state index contributed by atoms with van der Waals surface area (Å²) in [5, 5.41) is 3.13. The first-order valence-corrected chi connectivity index (χ1v) is 3.52. The number of nitrogens with one attached hydrogen (secondary N) is 1. The second kappa shape index (κ2) is 4.57. The van der Waals surface area contributed by atoms with Crippen LogP contribution in [0.3, 0.4) is 0 Å². The van der Waals surface area contributed by atoms with Crippen molar-refractivity contribution < 1.29 is 0 Å². The fourth-order valence-electron chi connectivity index (χ4n) is 0.485. The molecule has 54 valence electrons. The first kappa shape index (κ1) is 8.70. The lowest BCUT2D eigenvalue weighted by Gasteiger charge is -2.02. The van der Waals surface area contributed by atoms with Crippen molar-refractivity contribution in [2.75, 3.05) is 7.05 Å². The molecule has 0 bridgehead atoms. The number of hydrogen-bond acceptors (Lipinski definition) is 1. The zero-order valence-electron chi connectivity index (χ0n) is 6.81. The zero-order chi connectivity index (χ0) is 7.28. The van der Waals surface area contributed by atoms with Crippen LogP contribution in [-0.4, -0.2) is 13.1 Å². The van der Waals surface area contributed by atoms with Crippen LogP contribution in [0, 0.1) is 5.92 Å². The Labute approximate surface area is 58.2 Å². The first-order valence-electron chi connectivity index (χ1n) is 3.52. The second-order valence-corrected chi connectivity index (χ2v) is 2.71. The molecule has 0 aliphatic carbocycles. The lowest BCUT2D eigenvalue weighted by atomic mass is 10.2. The summed E-state index contributed by atoms with van der Waals surface area (Å²) in [7, 11) is 1.97. The van der Waals surface area contributed by atoms with Gasteiger partial charge in [-0.2, -0.15) is 0 Å². The normalized spacial score (nSPS) is 15.2. The Morgan fingerprint density at radius 2 is 1.67 bits per heavy atom. The molecule has 0 heterocycles. The lowest BCUT2D eigenvalue weighted by Crippen LogP contribution is -2.17. The van der Waals surface area contributed by atoms with Crippen molar-refractivity contribution in [3.63, 3.8) is 0 Å². The van der Waals surface area contributed by atoms with E-state index in [1.807, 2.05) is 7.05 Å². The van der Waals surface area contributed by atoms with Gasteiger partial charge in [0, 0.05) is 6.04 Å². The van der Waals surface area contributed by atoms with Crippen LogP contribution in [0.15, 0.2) is 12.2 Å². The predicted octanol–water partition coefficient (Wildman–Crippen LogP) is 1.81. The highest BCUT2D eigenvalue weighted by Crippen LogP contribution is 1.94. The van der Waals surface area contributed by atoms with Crippen molar-refractivity contribution in [2.24, 2.45) is 5.92 Å². The van der Waals surface area contributed by atoms with Crippen LogP contribution < -0.4 is 5.32 Å². The van der Waals surface area contributed by atoms with Crippen molar-refractivity contribution in [1.29, 1.82) is 0 Å². The van der Waals surface area contributed by atoms with Gasteiger partial charge in [-0.3, -0.25) is 0 Å². The fraction of sp³-hybridized carbons (Fsp3) is 0.750. The van der Waals surface area contributed by atoms with Gasteiger partial charge >= 0.3 is 0 Å². The quantitative estimate of drug-likeness (QED) is 0.570. The molecule has 0 amide bonds. The maximum Gasteiger partial charge on any atom is 0.0218 e. The van der Waals surface area contributed by atoms with E-state index in [1.54, 1.807) is 0 Å². The van der Waals surface area contributed by atoms with E-state index in [0.29, 0.717) is 12.0 Å². The minimum atomic E-state index is 0.507. The molecule has 0 saturated heterocycles. The summed E-state index contributed by atoms with van der Waals surface area (Å²) >= 11 is 0. The van der Waals surface area contributed by atoms with Crippen LogP contribution in [0.25, 0.3) is 0 Å². The molecule has 0 aromatic carbocycles. The summed E-state index contributed by atoms with van der Waals surface area (Å²) in [5.74, 6) is 0.667. The maximum atomic E-state index is 3.13. The zero-order valence-corrected chi connectivity index (χ0v) is 6.81. The van der Waals surface area contributed by atoms with Crippen LogP contribution in [0.4, 0.5) is 0 Å². The van der Waals surface area contributed by atoms with Crippen molar-refractivity contribution in [3.05, 3.63) is 12.2 Å². The Hall–Kier alpha value is -0.300. The van der Waals surface area contributed by atoms with Gasteiger partial charge in [0.2, 0.25) is 0 Å². The minimum absolute atomic E-state index is 0.507. The molecule has 0 aliphatic rings. The number of likely N-dealkylation sites (N-methyl/N-ethyl adjacent to an activating group) is 1. The van der Waals surface area contributed by atoms with E-state index in [2.05, 4.69) is 38.2 Å². The van der Waals surface area contributed by atoms with E-state index in [4.69, 9.17) is 0 Å². The molecule has 1 unspecified atom stereocenters. The topological polar surface area (TPSA) is 12.0 Å². The molecule has 0 spiro atoms. The molecule has 0 aliphatic heterocycles. The summed E-state index contributed by atoms with van der Waals surface area (Å²) < 4.78 is 0. The van der Waals surface area contributed by atoms with Gasteiger partial charge in [0.1, 0.15) is 0 Å². The molecule has 1 nitrogen and oxygen atoms in total. The molecular formula is C8H17N. The summed E-state index contributed by atoms with van der Waals surface area (Å²) in [5.41, 5.74) is 0. The summed E-state index contributed by atoms with van der Waals surface area (Å²) in [6.45, 7) is 6.50. The van der Waals surface area contributed by atoms with Crippen LogP contribution in [-0.2, 0) is 0 Å². The predicted molar refractivity (Wildman–Crippen MR) is 42.5 cm³/mol. The van der Waals surface area contributed by atoms with E-state index in [9.17, 15) is 0 Å². The summed E-state index contributed by atoms with van der Waals surface area (Å²) in [6.07, 6.45) is 4.39. The Balaban J connectivity index is 3.43. The van der Waals surface area contributed by atoms with Gasteiger partial charge in [0.05, 0.1) is 0 Å². The number of rotatable bonds is 3. The third kappa shape index (κ3) is 5.57. The van der Waals surface area contributed by atoms with Gasteiger partial charge in [-0.1, -0.05) is 26.0 Å². The SMILES string of the molecule is CNC(C)C=CC(C)C. The Morgan fingerprint density at radius 1 is 1.11 bits per heavy atom. The van der Waals surface area contributed by atoms with Gasteiger partial charge in [0.15, 0.2) is 0 Å². The molecule has 1 N–H and O–H groups in total. The van der Waals surface area contributed by atoms with E-state index in [0.717, 1.165) is 0 Å². The van der Waals surface area contributed by atoms with Gasteiger partial charge in [0.25, 0.3) is 0 Å². The summed E-state index contributed by atoms with van der Waals surface area (Å²) in [4.78, 5) is 0. The molecule has 0 aromatic rings. The average Bonchev–Trinajstić information content (AvgIpc) is 1.83. The highest BCUT2D eigenvalue weighted by Gasteiger charge is 1.89. The molecule has 9 heavy (non-hydrogen) atoms. The lowest BCUT2D eigenvalue weighted by molar-refractivity contribution is 0.715. The monoisotopic (exact) mass is 127 g/mol. The standard InChI is InChI=1S/C8H17N/c1-7(2)5-6-8(3)9-4/h5-9H,1-4H3. The van der Waals surface area contributed by atoms with E-state index < -0.39 is 0 Å². The van der Waals surface area contributed by atoms with Crippen LogP contribution in [0.1, 0.15) is 20.8 Å². The van der Waals surface area contributed by atoms with E-state index in [-0.39, 0.29) is 0 Å². The fourth-order valence-corrected chi connectivity index (χ4v) is 0.485. The van der Waals surface area contributed by atoms with Gasteiger partial charge in [-0.25, -0.2) is 0 Å². The largest absolute Gasteiger partial charge is 0.314 e. The highest BCUT2D eigenvalue weighted by molar-refractivity contribution is 4.91. The number of hydrogen-bond donors (Lipinski definition) is 1. The number of allylic oxidation sites excluding steroid dienone is 1. The third-order valence-corrected chi connectivity index (χ3v) is 1.24. The Bertz CT molecular complexity index is 84.6. The minimum Gasteiger partial charge on any atom is -0.314 e. The molecule has 0 aromatic heterocycles. The van der Waals surface area contributed by atoms with Crippen molar-refractivity contribution >= 4 is 0 Å². The van der Waals surface area contributed by atoms with E-state index >= 15 is 0 Å². The molecule has 0 saturated carbocycles. The average molecular weight is 127 g/mol. The van der Waals surface area contributed by atoms with Gasteiger partial charge in [-0.15, -0.1) is 0 Å². The van der Waals surface area contributed by atoms with Crippen molar-refractivity contribution in [2.45, 2.75) is 26.8 Å². The molecule has 1 heteroatoms. The van der Waals surface area contributed by atoms with Gasteiger partial charge < -0.3 is 5.32 Å². The molecule has 0 radical (unpaired) electrons. The van der Waals surface area contributed by atoms with E-state index in [1.165, 1.54) is 0 Å². The smallest absolute Gasteiger partial charge is 0.0218 e. The molecular weight excluding hydrogens is 110 g/mol. The van der Waals surface area contributed by atoms with Crippen molar-refractivity contribution in [1.82, 2.24) is 5.32 Å². The molecule has 1 atom stereocenters. The second-order valence-electron chi connectivity index (χ2n) is 2.71. The third-order valence-electron chi connectivity index (χ3n) is 1.24. The maximum absolute atomic E-state index is 3.13. The Kier molecular flexibility index (Phi) is 4.41.